The Bertz CT molecular complexity index is 500. The molecule has 0 saturated carbocycles. The van der Waals surface area contributed by atoms with Gasteiger partial charge < -0.3 is 10.2 Å². The molecule has 0 bridgehead atoms. The zero-order chi connectivity index (χ0) is 12.4. The Morgan fingerprint density at radius 2 is 1.50 bits per heavy atom. The van der Waals surface area contributed by atoms with Crippen molar-refractivity contribution in [3.05, 3.63) is 60.2 Å². The third-order valence-electron chi connectivity index (χ3n) is 3.68. The lowest BCUT2D eigenvalue weighted by Gasteiger charge is -2.28. The first-order chi connectivity index (χ1) is 8.84. The van der Waals surface area contributed by atoms with Crippen molar-refractivity contribution in [2.75, 3.05) is 25.0 Å². The van der Waals surface area contributed by atoms with Crippen LogP contribution in [-0.2, 0) is 0 Å². The van der Waals surface area contributed by atoms with Crippen molar-refractivity contribution in [1.29, 1.82) is 0 Å². The summed E-state index contributed by atoms with van der Waals surface area (Å²) in [6.07, 6.45) is 0. The molecule has 1 heterocycles. The lowest BCUT2D eigenvalue weighted by Crippen LogP contribution is -2.39. The number of hydrogen-bond acceptors (Lipinski definition) is 2. The number of nitrogens with zero attached hydrogens (tertiary/aromatic N) is 1. The van der Waals surface area contributed by atoms with Crippen LogP contribution in [0.5, 0.6) is 0 Å². The summed E-state index contributed by atoms with van der Waals surface area (Å²) in [6, 6.07) is 19.4. The third kappa shape index (κ3) is 2.12. The van der Waals surface area contributed by atoms with Gasteiger partial charge >= 0.3 is 0 Å². The van der Waals surface area contributed by atoms with Crippen molar-refractivity contribution in [3.8, 4) is 0 Å². The molecule has 0 spiro atoms. The minimum absolute atomic E-state index is 0.709. The fourth-order valence-electron chi connectivity index (χ4n) is 2.30. The monoisotopic (exact) mass is 238 g/mol. The maximum absolute atomic E-state index is 3.31. The average Bonchev–Trinajstić information content (AvgIpc) is 2.38. The van der Waals surface area contributed by atoms with Gasteiger partial charge in [0.1, 0.15) is 0 Å². The zero-order valence-corrected chi connectivity index (χ0v) is 10.6. The van der Waals surface area contributed by atoms with Crippen molar-refractivity contribution in [3.63, 3.8) is 0 Å². The molecule has 1 N–H and O–H groups in total. The van der Waals surface area contributed by atoms with Gasteiger partial charge in [-0.05, 0) is 29.8 Å². The van der Waals surface area contributed by atoms with Crippen molar-refractivity contribution in [2.45, 2.75) is 5.92 Å². The van der Waals surface area contributed by atoms with E-state index in [0.717, 1.165) is 13.1 Å². The molecule has 2 aromatic rings. The van der Waals surface area contributed by atoms with Crippen LogP contribution < -0.4 is 10.2 Å². The van der Waals surface area contributed by atoms with Crippen LogP contribution in [0.25, 0.3) is 0 Å². The summed E-state index contributed by atoms with van der Waals surface area (Å²) in [5.41, 5.74) is 3.90. The Balaban J connectivity index is 1.80. The molecule has 1 saturated heterocycles. The van der Waals surface area contributed by atoms with Gasteiger partial charge in [0.05, 0.1) is 0 Å². The van der Waals surface area contributed by atoms with Crippen LogP contribution in [0.3, 0.4) is 0 Å². The van der Waals surface area contributed by atoms with Gasteiger partial charge in [0.15, 0.2) is 0 Å². The van der Waals surface area contributed by atoms with Gasteiger partial charge in [-0.1, -0.05) is 30.3 Å². The Hall–Kier alpha value is -1.80. The highest BCUT2D eigenvalue weighted by Crippen LogP contribution is 2.26. The van der Waals surface area contributed by atoms with E-state index in [1.807, 2.05) is 6.07 Å². The molecule has 0 amide bonds. The summed E-state index contributed by atoms with van der Waals surface area (Å²) < 4.78 is 0. The minimum atomic E-state index is 0.709. The first-order valence-electron chi connectivity index (χ1n) is 6.44. The highest BCUT2D eigenvalue weighted by atomic mass is 15.1. The first-order valence-corrected chi connectivity index (χ1v) is 6.44. The zero-order valence-electron chi connectivity index (χ0n) is 10.6. The minimum Gasteiger partial charge on any atom is -0.345 e. The fraction of sp³-hybridized carbons (Fsp3) is 0.250. The quantitative estimate of drug-likeness (QED) is 0.883. The molecule has 0 aliphatic carbocycles. The summed E-state index contributed by atoms with van der Waals surface area (Å²) >= 11 is 0. The SMILES string of the molecule is CN(c1ccccc1)c1ccc(C2CNC2)cc1. The fourth-order valence-corrected chi connectivity index (χ4v) is 2.30. The molecule has 2 nitrogen and oxygen atoms in total. The third-order valence-corrected chi connectivity index (χ3v) is 3.68. The Morgan fingerprint density at radius 1 is 0.889 bits per heavy atom. The van der Waals surface area contributed by atoms with Gasteiger partial charge in [-0.25, -0.2) is 0 Å². The predicted octanol–water partition coefficient (Wildman–Crippen LogP) is 3.14. The van der Waals surface area contributed by atoms with E-state index in [2.05, 4.69) is 65.8 Å². The number of para-hydroxylation sites is 1. The molecule has 2 heteroatoms. The van der Waals surface area contributed by atoms with Crippen LogP contribution in [0.4, 0.5) is 11.4 Å². The van der Waals surface area contributed by atoms with Gasteiger partial charge in [-0.15, -0.1) is 0 Å². The molecule has 0 radical (unpaired) electrons. The molecular weight excluding hydrogens is 220 g/mol. The van der Waals surface area contributed by atoms with Crippen LogP contribution in [0.2, 0.25) is 0 Å². The van der Waals surface area contributed by atoms with Crippen LogP contribution in [0.15, 0.2) is 54.6 Å². The normalized spacial score (nSPS) is 15.2. The molecule has 3 rings (SSSR count). The molecule has 0 aromatic heterocycles. The first kappa shape index (κ1) is 11.3. The molecule has 1 fully saturated rings. The molecule has 18 heavy (non-hydrogen) atoms. The van der Waals surface area contributed by atoms with E-state index >= 15 is 0 Å². The smallest absolute Gasteiger partial charge is 0.0408 e. The average molecular weight is 238 g/mol. The maximum Gasteiger partial charge on any atom is 0.0408 e. The Kier molecular flexibility index (Phi) is 3.03. The largest absolute Gasteiger partial charge is 0.345 e. The summed E-state index contributed by atoms with van der Waals surface area (Å²) in [6.45, 7) is 2.24. The number of anilines is 2. The van der Waals surface area contributed by atoms with E-state index in [0.29, 0.717) is 5.92 Å². The standard InChI is InChI=1S/C16H18N2/c1-18(15-5-3-2-4-6-15)16-9-7-13(8-10-16)14-11-17-12-14/h2-10,14,17H,11-12H2,1H3. The van der Waals surface area contributed by atoms with Crippen molar-refractivity contribution in [1.82, 2.24) is 5.32 Å². The topological polar surface area (TPSA) is 15.3 Å². The second kappa shape index (κ2) is 4.83. The molecule has 0 unspecified atom stereocenters. The lowest BCUT2D eigenvalue weighted by atomic mass is 9.94. The lowest BCUT2D eigenvalue weighted by molar-refractivity contribution is 0.448. The molecule has 2 aromatic carbocycles. The van der Waals surface area contributed by atoms with Crippen LogP contribution in [0, 0.1) is 0 Å². The highest BCUT2D eigenvalue weighted by molar-refractivity contribution is 5.62. The van der Waals surface area contributed by atoms with E-state index in [9.17, 15) is 0 Å². The number of nitrogens with one attached hydrogen (secondary N) is 1. The van der Waals surface area contributed by atoms with Crippen molar-refractivity contribution >= 4 is 11.4 Å². The molecule has 1 aliphatic rings. The molecule has 92 valence electrons. The number of benzene rings is 2. The van der Waals surface area contributed by atoms with Crippen LogP contribution >= 0.6 is 0 Å². The van der Waals surface area contributed by atoms with Gasteiger partial charge in [-0.3, -0.25) is 0 Å². The van der Waals surface area contributed by atoms with E-state index in [-0.39, 0.29) is 0 Å². The summed E-state index contributed by atoms with van der Waals surface area (Å²) in [4.78, 5) is 2.21. The van der Waals surface area contributed by atoms with Gasteiger partial charge in [0.25, 0.3) is 0 Å². The van der Waals surface area contributed by atoms with Gasteiger partial charge in [0.2, 0.25) is 0 Å². The molecule has 0 atom stereocenters. The summed E-state index contributed by atoms with van der Waals surface area (Å²) in [7, 11) is 2.11. The van der Waals surface area contributed by atoms with E-state index in [4.69, 9.17) is 0 Å². The van der Waals surface area contributed by atoms with Crippen molar-refractivity contribution < 1.29 is 0 Å². The van der Waals surface area contributed by atoms with Gasteiger partial charge in [0, 0.05) is 37.4 Å². The second-order valence-electron chi connectivity index (χ2n) is 4.84. The maximum atomic E-state index is 3.31. The summed E-state index contributed by atoms with van der Waals surface area (Å²) in [5, 5.41) is 3.31. The molecule has 1 aliphatic heterocycles. The number of hydrogen-bond donors (Lipinski definition) is 1. The number of rotatable bonds is 3. The Morgan fingerprint density at radius 3 is 2.06 bits per heavy atom. The Labute approximate surface area is 108 Å². The second-order valence-corrected chi connectivity index (χ2v) is 4.84. The summed E-state index contributed by atoms with van der Waals surface area (Å²) in [5.74, 6) is 0.709. The van der Waals surface area contributed by atoms with E-state index < -0.39 is 0 Å². The molecular formula is C16H18N2. The van der Waals surface area contributed by atoms with Crippen LogP contribution in [-0.4, -0.2) is 20.1 Å². The van der Waals surface area contributed by atoms with Gasteiger partial charge in [-0.2, -0.15) is 0 Å². The van der Waals surface area contributed by atoms with Crippen molar-refractivity contribution in [2.24, 2.45) is 0 Å². The van der Waals surface area contributed by atoms with E-state index in [1.54, 1.807) is 0 Å². The van der Waals surface area contributed by atoms with E-state index in [1.165, 1.54) is 16.9 Å². The predicted molar refractivity (Wildman–Crippen MR) is 76.6 cm³/mol. The highest BCUT2D eigenvalue weighted by Gasteiger charge is 2.18. The van der Waals surface area contributed by atoms with Crippen LogP contribution in [0.1, 0.15) is 11.5 Å².